The summed E-state index contributed by atoms with van der Waals surface area (Å²) in [5, 5.41) is 12.0. The number of rotatable bonds is 3. The molecule has 0 fully saturated rings. The number of thiophene rings is 1. The zero-order valence-electron chi connectivity index (χ0n) is 9.40. The lowest BCUT2D eigenvalue weighted by atomic mass is 10.3. The van der Waals surface area contributed by atoms with Crippen LogP contribution < -0.4 is 11.1 Å². The molecule has 0 aliphatic heterocycles. The minimum atomic E-state index is 0.261. The fourth-order valence-corrected chi connectivity index (χ4v) is 2.25. The molecule has 2 aromatic heterocycles. The van der Waals surface area contributed by atoms with Gasteiger partial charge in [0.05, 0.1) is 12.2 Å². The van der Waals surface area contributed by atoms with Gasteiger partial charge in [-0.05, 0) is 31.2 Å². The fourth-order valence-electron chi connectivity index (χ4n) is 1.42. The second-order valence-corrected chi connectivity index (χ2v) is 4.98. The number of hydrogen-bond acceptors (Lipinski definition) is 5. The Bertz CT molecular complexity index is 568. The number of aryl methyl sites for hydroxylation is 1. The van der Waals surface area contributed by atoms with Gasteiger partial charge in [0.15, 0.2) is 5.69 Å². The molecule has 0 bridgehead atoms. The summed E-state index contributed by atoms with van der Waals surface area (Å²) in [6, 6.07) is 9.59. The molecule has 0 spiro atoms. The van der Waals surface area contributed by atoms with Crippen LogP contribution in [-0.4, -0.2) is 4.98 Å². The summed E-state index contributed by atoms with van der Waals surface area (Å²) >= 11 is 1.74. The van der Waals surface area contributed by atoms with Crippen LogP contribution in [0.15, 0.2) is 24.3 Å². The van der Waals surface area contributed by atoms with Crippen LogP contribution in [-0.2, 0) is 6.54 Å². The highest BCUT2D eigenvalue weighted by Crippen LogP contribution is 2.17. The van der Waals surface area contributed by atoms with Gasteiger partial charge in [0.2, 0.25) is 0 Å². The third-order valence-electron chi connectivity index (χ3n) is 2.27. The van der Waals surface area contributed by atoms with E-state index in [1.165, 1.54) is 9.75 Å². The van der Waals surface area contributed by atoms with E-state index in [9.17, 15) is 0 Å². The Balaban J connectivity index is 2.07. The number of pyridine rings is 1. The lowest BCUT2D eigenvalue weighted by Gasteiger charge is -2.05. The SMILES string of the molecule is Cc1ccc(CNc2ccc(N)c(C#N)n2)s1. The molecule has 0 saturated heterocycles. The van der Waals surface area contributed by atoms with Crippen molar-refractivity contribution in [3.05, 3.63) is 39.7 Å². The largest absolute Gasteiger partial charge is 0.396 e. The third kappa shape index (κ3) is 2.74. The quantitative estimate of drug-likeness (QED) is 0.870. The number of nitrogen functional groups attached to an aromatic ring is 1. The molecule has 0 aliphatic rings. The standard InChI is InChI=1S/C12H12N4S/c1-8-2-3-9(17-8)7-15-12-5-4-10(14)11(6-13)16-12/h2-5H,7,14H2,1H3,(H,15,16). The molecule has 0 atom stereocenters. The molecule has 5 heteroatoms. The number of anilines is 2. The van der Waals surface area contributed by atoms with Crippen molar-refractivity contribution in [3.8, 4) is 6.07 Å². The van der Waals surface area contributed by atoms with Crippen molar-refractivity contribution in [2.75, 3.05) is 11.1 Å². The first-order chi connectivity index (χ1) is 8.19. The summed E-state index contributed by atoms with van der Waals surface area (Å²) in [4.78, 5) is 6.64. The van der Waals surface area contributed by atoms with Crippen molar-refractivity contribution in [2.24, 2.45) is 0 Å². The van der Waals surface area contributed by atoms with Gasteiger partial charge in [-0.2, -0.15) is 5.26 Å². The van der Waals surface area contributed by atoms with Crippen LogP contribution in [0.2, 0.25) is 0 Å². The Morgan fingerprint density at radius 3 is 2.88 bits per heavy atom. The molecule has 17 heavy (non-hydrogen) atoms. The number of nitrogens with two attached hydrogens (primary N) is 1. The number of nitrogens with zero attached hydrogens (tertiary/aromatic N) is 2. The summed E-state index contributed by atoms with van der Waals surface area (Å²) < 4.78 is 0. The fraction of sp³-hybridized carbons (Fsp3) is 0.167. The summed E-state index contributed by atoms with van der Waals surface area (Å²) in [5.74, 6) is 0.668. The number of aromatic nitrogens is 1. The molecular weight excluding hydrogens is 232 g/mol. The molecule has 3 N–H and O–H groups in total. The van der Waals surface area contributed by atoms with Gasteiger partial charge in [0.25, 0.3) is 0 Å². The summed E-state index contributed by atoms with van der Waals surface area (Å²) in [6.07, 6.45) is 0. The molecule has 86 valence electrons. The van der Waals surface area contributed by atoms with Crippen molar-refractivity contribution in [1.82, 2.24) is 4.98 Å². The van der Waals surface area contributed by atoms with Crippen molar-refractivity contribution in [3.63, 3.8) is 0 Å². The molecule has 2 rings (SSSR count). The normalized spacial score (nSPS) is 9.88. The van der Waals surface area contributed by atoms with Crippen LogP contribution in [0.1, 0.15) is 15.4 Å². The van der Waals surface area contributed by atoms with Gasteiger partial charge >= 0.3 is 0 Å². The van der Waals surface area contributed by atoms with Gasteiger partial charge in [0.1, 0.15) is 11.9 Å². The second kappa shape index (κ2) is 4.85. The van der Waals surface area contributed by atoms with Gasteiger partial charge in [-0.1, -0.05) is 0 Å². The molecule has 4 nitrogen and oxygen atoms in total. The van der Waals surface area contributed by atoms with Gasteiger partial charge in [-0.3, -0.25) is 0 Å². The van der Waals surface area contributed by atoms with Crippen LogP contribution in [0.5, 0.6) is 0 Å². The summed E-state index contributed by atoms with van der Waals surface area (Å²) in [6.45, 7) is 2.78. The Morgan fingerprint density at radius 2 is 2.24 bits per heavy atom. The van der Waals surface area contributed by atoms with E-state index < -0.39 is 0 Å². The molecule has 2 heterocycles. The monoisotopic (exact) mass is 244 g/mol. The average Bonchev–Trinajstić information content (AvgIpc) is 2.74. The highest BCUT2D eigenvalue weighted by atomic mass is 32.1. The maximum atomic E-state index is 8.81. The van der Waals surface area contributed by atoms with Crippen LogP contribution in [0.4, 0.5) is 11.5 Å². The summed E-state index contributed by atoms with van der Waals surface area (Å²) in [5.41, 5.74) is 6.27. The van der Waals surface area contributed by atoms with E-state index in [1.807, 2.05) is 6.07 Å². The maximum Gasteiger partial charge on any atom is 0.165 e. The van der Waals surface area contributed by atoms with E-state index in [4.69, 9.17) is 11.0 Å². The number of nitriles is 1. The maximum absolute atomic E-state index is 8.81. The van der Waals surface area contributed by atoms with Crippen molar-refractivity contribution < 1.29 is 0 Å². The molecule has 0 amide bonds. The van der Waals surface area contributed by atoms with Crippen molar-refractivity contribution >= 4 is 22.8 Å². The molecule has 2 aromatic rings. The first kappa shape index (κ1) is 11.4. The van der Waals surface area contributed by atoms with Crippen LogP contribution >= 0.6 is 11.3 Å². The molecule has 0 aliphatic carbocycles. The molecular formula is C12H12N4S. The number of hydrogen-bond donors (Lipinski definition) is 2. The Morgan fingerprint density at radius 1 is 1.41 bits per heavy atom. The Kier molecular flexibility index (Phi) is 3.26. The minimum absolute atomic E-state index is 0.261. The number of nitrogens with one attached hydrogen (secondary N) is 1. The average molecular weight is 244 g/mol. The Hall–Kier alpha value is -2.06. The highest BCUT2D eigenvalue weighted by Gasteiger charge is 2.02. The predicted molar refractivity (Wildman–Crippen MR) is 69.7 cm³/mol. The zero-order chi connectivity index (χ0) is 12.3. The molecule has 0 radical (unpaired) electrons. The van der Waals surface area contributed by atoms with Gasteiger partial charge in [-0.15, -0.1) is 11.3 Å². The lowest BCUT2D eigenvalue weighted by Crippen LogP contribution is -2.02. The lowest BCUT2D eigenvalue weighted by molar-refractivity contribution is 1.13. The van der Waals surface area contributed by atoms with Crippen molar-refractivity contribution in [1.29, 1.82) is 5.26 Å². The van der Waals surface area contributed by atoms with E-state index in [0.717, 1.165) is 0 Å². The molecule has 0 aromatic carbocycles. The van der Waals surface area contributed by atoms with Crippen LogP contribution in [0.25, 0.3) is 0 Å². The zero-order valence-corrected chi connectivity index (χ0v) is 10.2. The topological polar surface area (TPSA) is 74.7 Å². The molecule has 0 unspecified atom stereocenters. The van der Waals surface area contributed by atoms with Gasteiger partial charge < -0.3 is 11.1 Å². The third-order valence-corrected chi connectivity index (χ3v) is 3.27. The predicted octanol–water partition coefficient (Wildman–Crippen LogP) is 2.52. The van der Waals surface area contributed by atoms with E-state index in [0.29, 0.717) is 18.1 Å². The van der Waals surface area contributed by atoms with Gasteiger partial charge in [0, 0.05) is 9.75 Å². The first-order valence-corrected chi connectivity index (χ1v) is 5.96. The van der Waals surface area contributed by atoms with E-state index in [-0.39, 0.29) is 5.69 Å². The molecule has 0 saturated carbocycles. The van der Waals surface area contributed by atoms with Crippen LogP contribution in [0.3, 0.4) is 0 Å². The first-order valence-electron chi connectivity index (χ1n) is 5.15. The van der Waals surface area contributed by atoms with Crippen LogP contribution in [0, 0.1) is 18.3 Å². The van der Waals surface area contributed by atoms with E-state index >= 15 is 0 Å². The highest BCUT2D eigenvalue weighted by molar-refractivity contribution is 7.11. The smallest absolute Gasteiger partial charge is 0.165 e. The second-order valence-electron chi connectivity index (χ2n) is 3.61. The van der Waals surface area contributed by atoms with E-state index in [2.05, 4.69) is 29.4 Å². The minimum Gasteiger partial charge on any atom is -0.396 e. The summed E-state index contributed by atoms with van der Waals surface area (Å²) in [7, 11) is 0. The van der Waals surface area contributed by atoms with Crippen molar-refractivity contribution in [2.45, 2.75) is 13.5 Å². The van der Waals surface area contributed by atoms with Gasteiger partial charge in [-0.25, -0.2) is 4.98 Å². The van der Waals surface area contributed by atoms with E-state index in [1.54, 1.807) is 23.5 Å². The Labute approximate surface area is 104 Å².